The number of carbonyl (C=O) groups is 2. The first-order chi connectivity index (χ1) is 12.1. The van der Waals surface area contributed by atoms with Crippen molar-refractivity contribution in [3.8, 4) is 5.75 Å². The number of hydrogen-bond donors (Lipinski definition) is 1. The van der Waals surface area contributed by atoms with Gasteiger partial charge in [0.1, 0.15) is 17.3 Å². The summed E-state index contributed by atoms with van der Waals surface area (Å²) < 4.78 is 11.0. The summed E-state index contributed by atoms with van der Waals surface area (Å²) in [6.07, 6.45) is 1.59. The Morgan fingerprint density at radius 2 is 2.04 bits per heavy atom. The van der Waals surface area contributed by atoms with Crippen molar-refractivity contribution < 1.29 is 18.7 Å². The molecule has 0 unspecified atom stereocenters. The van der Waals surface area contributed by atoms with Gasteiger partial charge in [-0.3, -0.25) is 14.5 Å². The number of carbonyl (C=O) groups excluding carboxylic acids is 2. The number of nitrogens with one attached hydrogen (secondary N) is 1. The highest BCUT2D eigenvalue weighted by molar-refractivity contribution is 8.18. The molecule has 0 aliphatic carbocycles. The molecule has 1 aliphatic rings. The molecule has 0 spiro atoms. The SMILES string of the molecule is CCOc1ccccc1NCN1C(=O)SC(=Cc2ccc(C)o2)C1=O. The van der Waals surface area contributed by atoms with Crippen LogP contribution in [-0.4, -0.2) is 29.3 Å². The number of rotatable bonds is 6. The first kappa shape index (κ1) is 17.2. The van der Waals surface area contributed by atoms with Gasteiger partial charge in [-0.2, -0.15) is 0 Å². The van der Waals surface area contributed by atoms with Crippen molar-refractivity contribution in [3.63, 3.8) is 0 Å². The van der Waals surface area contributed by atoms with E-state index in [0.29, 0.717) is 23.0 Å². The van der Waals surface area contributed by atoms with Crippen LogP contribution in [0.25, 0.3) is 6.08 Å². The number of amides is 2. The second-order valence-corrected chi connectivity index (χ2v) is 6.32. The summed E-state index contributed by atoms with van der Waals surface area (Å²) in [6.45, 7) is 4.33. The van der Waals surface area contributed by atoms with Crippen molar-refractivity contribution in [3.05, 3.63) is 52.8 Å². The van der Waals surface area contributed by atoms with Crippen LogP contribution in [0.5, 0.6) is 5.75 Å². The lowest BCUT2D eigenvalue weighted by Crippen LogP contribution is -2.33. The van der Waals surface area contributed by atoms with Gasteiger partial charge in [0, 0.05) is 6.08 Å². The minimum Gasteiger partial charge on any atom is -0.492 e. The van der Waals surface area contributed by atoms with Gasteiger partial charge >= 0.3 is 0 Å². The number of imide groups is 1. The van der Waals surface area contributed by atoms with Crippen LogP contribution in [0, 0.1) is 6.92 Å². The molecule has 3 rings (SSSR count). The van der Waals surface area contributed by atoms with Crippen molar-refractivity contribution in [2.45, 2.75) is 13.8 Å². The van der Waals surface area contributed by atoms with Crippen molar-refractivity contribution in [1.29, 1.82) is 0 Å². The van der Waals surface area contributed by atoms with Crippen LogP contribution in [-0.2, 0) is 4.79 Å². The summed E-state index contributed by atoms with van der Waals surface area (Å²) in [6, 6.07) is 11.0. The molecule has 2 aromatic rings. The maximum Gasteiger partial charge on any atom is 0.295 e. The number of para-hydroxylation sites is 2. The zero-order valence-electron chi connectivity index (χ0n) is 13.9. The van der Waals surface area contributed by atoms with Crippen molar-refractivity contribution in [2.24, 2.45) is 0 Å². The lowest BCUT2D eigenvalue weighted by molar-refractivity contribution is -0.122. The van der Waals surface area contributed by atoms with Gasteiger partial charge < -0.3 is 14.5 Å². The van der Waals surface area contributed by atoms with E-state index in [1.807, 2.05) is 44.2 Å². The standard InChI is InChI=1S/C18H18N2O4S/c1-3-23-15-7-5-4-6-14(15)19-11-20-17(21)16(25-18(20)22)10-13-9-8-12(2)24-13/h4-10,19H,3,11H2,1-2H3. The van der Waals surface area contributed by atoms with E-state index in [2.05, 4.69) is 5.32 Å². The second-order valence-electron chi connectivity index (χ2n) is 5.32. The van der Waals surface area contributed by atoms with Crippen molar-refractivity contribution >= 4 is 34.7 Å². The summed E-state index contributed by atoms with van der Waals surface area (Å²) in [7, 11) is 0. The Bertz CT molecular complexity index is 828. The van der Waals surface area contributed by atoms with Gasteiger partial charge in [-0.1, -0.05) is 12.1 Å². The molecule has 1 aromatic heterocycles. The summed E-state index contributed by atoms with van der Waals surface area (Å²) in [5, 5.41) is 2.77. The Labute approximate surface area is 149 Å². The van der Waals surface area contributed by atoms with Crippen molar-refractivity contribution in [1.82, 2.24) is 4.90 Å². The first-order valence-corrected chi connectivity index (χ1v) is 8.67. The quantitative estimate of drug-likeness (QED) is 0.784. The molecule has 6 nitrogen and oxygen atoms in total. The third-order valence-corrected chi connectivity index (χ3v) is 4.43. The van der Waals surface area contributed by atoms with E-state index in [4.69, 9.17) is 9.15 Å². The molecular weight excluding hydrogens is 340 g/mol. The molecule has 0 saturated carbocycles. The molecule has 1 saturated heterocycles. The lowest BCUT2D eigenvalue weighted by atomic mass is 10.3. The highest BCUT2D eigenvalue weighted by Gasteiger charge is 2.35. The van der Waals surface area contributed by atoms with Crippen LogP contribution in [0.3, 0.4) is 0 Å². The molecule has 0 radical (unpaired) electrons. The number of furan rings is 1. The molecule has 7 heteroatoms. The number of anilines is 1. The Balaban J connectivity index is 1.70. The van der Waals surface area contributed by atoms with Crippen LogP contribution >= 0.6 is 11.8 Å². The third-order valence-electron chi connectivity index (χ3n) is 3.52. The van der Waals surface area contributed by atoms with E-state index in [0.717, 1.165) is 28.1 Å². The maximum absolute atomic E-state index is 12.5. The topological polar surface area (TPSA) is 71.8 Å². The van der Waals surface area contributed by atoms with Crippen LogP contribution in [0.4, 0.5) is 10.5 Å². The fourth-order valence-corrected chi connectivity index (χ4v) is 3.17. The molecule has 1 N–H and O–H groups in total. The normalized spacial score (nSPS) is 15.9. The van der Waals surface area contributed by atoms with Crippen LogP contribution < -0.4 is 10.1 Å². The van der Waals surface area contributed by atoms with Crippen molar-refractivity contribution in [2.75, 3.05) is 18.6 Å². The van der Waals surface area contributed by atoms with E-state index in [-0.39, 0.29) is 17.8 Å². The molecule has 0 bridgehead atoms. The van der Waals surface area contributed by atoms with Crippen LogP contribution in [0.15, 0.2) is 45.7 Å². The number of thioether (sulfide) groups is 1. The number of hydrogen-bond acceptors (Lipinski definition) is 6. The van der Waals surface area contributed by atoms with Gasteiger partial charge in [-0.15, -0.1) is 0 Å². The fourth-order valence-electron chi connectivity index (χ4n) is 2.35. The number of aryl methyl sites for hydroxylation is 1. The zero-order chi connectivity index (χ0) is 17.8. The summed E-state index contributed by atoms with van der Waals surface area (Å²) in [5.74, 6) is 1.64. The maximum atomic E-state index is 12.5. The average molecular weight is 358 g/mol. The third kappa shape index (κ3) is 3.88. The molecule has 2 heterocycles. The molecule has 25 heavy (non-hydrogen) atoms. The van der Waals surface area contributed by atoms with Gasteiger partial charge in [0.25, 0.3) is 11.1 Å². The van der Waals surface area contributed by atoms with Crippen LogP contribution in [0.1, 0.15) is 18.4 Å². The highest BCUT2D eigenvalue weighted by Crippen LogP contribution is 2.33. The molecule has 1 aliphatic heterocycles. The smallest absolute Gasteiger partial charge is 0.295 e. The molecular formula is C18H18N2O4S. The predicted molar refractivity (Wildman–Crippen MR) is 97.4 cm³/mol. The summed E-state index contributed by atoms with van der Waals surface area (Å²) in [5.41, 5.74) is 0.731. The van der Waals surface area contributed by atoms with E-state index in [1.54, 1.807) is 12.1 Å². The average Bonchev–Trinajstić information content (AvgIpc) is 3.11. The monoisotopic (exact) mass is 358 g/mol. The summed E-state index contributed by atoms with van der Waals surface area (Å²) in [4.78, 5) is 26.1. The Morgan fingerprint density at radius 1 is 1.24 bits per heavy atom. The predicted octanol–water partition coefficient (Wildman–Crippen LogP) is 4.09. The minimum atomic E-state index is -0.342. The number of ether oxygens (including phenoxy) is 1. The van der Waals surface area contributed by atoms with Gasteiger partial charge in [0.15, 0.2) is 0 Å². The Hall–Kier alpha value is -2.67. The molecule has 1 aromatic carbocycles. The van der Waals surface area contributed by atoms with Gasteiger partial charge in [0.2, 0.25) is 0 Å². The Kier molecular flexibility index (Phi) is 5.14. The minimum absolute atomic E-state index is 0.0727. The van der Waals surface area contributed by atoms with Crippen LogP contribution in [0.2, 0.25) is 0 Å². The number of benzene rings is 1. The van der Waals surface area contributed by atoms with Gasteiger partial charge in [-0.25, -0.2) is 0 Å². The lowest BCUT2D eigenvalue weighted by Gasteiger charge is -2.16. The Morgan fingerprint density at radius 3 is 2.76 bits per heavy atom. The van der Waals surface area contributed by atoms with E-state index < -0.39 is 0 Å². The number of nitrogens with zero attached hydrogens (tertiary/aromatic N) is 1. The van der Waals surface area contributed by atoms with E-state index in [9.17, 15) is 9.59 Å². The van der Waals surface area contributed by atoms with Gasteiger partial charge in [-0.05, 0) is 49.9 Å². The second kappa shape index (κ2) is 7.48. The fraction of sp³-hybridized carbons (Fsp3) is 0.222. The zero-order valence-corrected chi connectivity index (χ0v) is 14.8. The van der Waals surface area contributed by atoms with E-state index in [1.165, 1.54) is 0 Å². The first-order valence-electron chi connectivity index (χ1n) is 7.86. The molecule has 0 atom stereocenters. The highest BCUT2D eigenvalue weighted by atomic mass is 32.2. The van der Waals surface area contributed by atoms with E-state index >= 15 is 0 Å². The largest absolute Gasteiger partial charge is 0.492 e. The summed E-state index contributed by atoms with van der Waals surface area (Å²) >= 11 is 0.903. The van der Waals surface area contributed by atoms with Gasteiger partial charge in [0.05, 0.1) is 23.9 Å². The molecule has 130 valence electrons. The molecule has 2 amide bonds. The molecule has 1 fully saturated rings.